The highest BCUT2D eigenvalue weighted by atomic mass is 32.2. The highest BCUT2D eigenvalue weighted by Gasteiger charge is 2.20. The zero-order chi connectivity index (χ0) is 9.80. The lowest BCUT2D eigenvalue weighted by atomic mass is 10.2. The van der Waals surface area contributed by atoms with Crippen molar-refractivity contribution >= 4 is 11.8 Å². The molecule has 1 atom stereocenters. The largest absolute Gasteiger partial charge is 0.314 e. The first-order valence-electron chi connectivity index (χ1n) is 5.91. The van der Waals surface area contributed by atoms with Crippen LogP contribution in [0.5, 0.6) is 0 Å². The third-order valence-corrected chi connectivity index (χ3v) is 4.33. The number of hydrogen-bond donors (Lipinski definition) is 1. The molecule has 1 saturated carbocycles. The molecule has 2 aliphatic rings. The van der Waals surface area contributed by atoms with E-state index >= 15 is 0 Å². The van der Waals surface area contributed by atoms with E-state index in [0.717, 1.165) is 12.1 Å². The predicted molar refractivity (Wildman–Crippen MR) is 64.0 cm³/mol. The van der Waals surface area contributed by atoms with Crippen LogP contribution in [0.3, 0.4) is 0 Å². The molecule has 82 valence electrons. The van der Waals surface area contributed by atoms with Crippen molar-refractivity contribution in [1.82, 2.24) is 10.2 Å². The zero-order valence-corrected chi connectivity index (χ0v) is 9.98. The summed E-state index contributed by atoms with van der Waals surface area (Å²) in [5.74, 6) is 2.66. The first kappa shape index (κ1) is 10.8. The number of rotatable bonds is 5. The van der Waals surface area contributed by atoms with Gasteiger partial charge < -0.3 is 5.32 Å². The monoisotopic (exact) mass is 214 g/mol. The van der Waals surface area contributed by atoms with Gasteiger partial charge in [0.15, 0.2) is 0 Å². The highest BCUT2D eigenvalue weighted by molar-refractivity contribution is 7.99. The lowest BCUT2D eigenvalue weighted by Crippen LogP contribution is -2.41. The molecule has 0 aromatic heterocycles. The number of hydrogen-bond acceptors (Lipinski definition) is 3. The summed E-state index contributed by atoms with van der Waals surface area (Å²) in [5.41, 5.74) is 0. The van der Waals surface area contributed by atoms with E-state index in [4.69, 9.17) is 0 Å². The lowest BCUT2D eigenvalue weighted by molar-refractivity contribution is 0.229. The Balaban J connectivity index is 1.53. The number of thioether (sulfide) groups is 1. The van der Waals surface area contributed by atoms with Crippen molar-refractivity contribution in [3.05, 3.63) is 0 Å². The maximum absolute atomic E-state index is 3.58. The van der Waals surface area contributed by atoms with Crippen molar-refractivity contribution in [1.29, 1.82) is 0 Å². The second-order valence-corrected chi connectivity index (χ2v) is 5.69. The first-order chi connectivity index (χ1) is 6.86. The van der Waals surface area contributed by atoms with Crippen molar-refractivity contribution in [3.8, 4) is 0 Å². The number of nitrogens with zero attached hydrogens (tertiary/aromatic N) is 1. The van der Waals surface area contributed by atoms with Gasteiger partial charge in [0.25, 0.3) is 0 Å². The molecule has 1 aliphatic carbocycles. The Hall–Kier alpha value is 0.270. The van der Waals surface area contributed by atoms with Gasteiger partial charge in [-0.3, -0.25) is 4.90 Å². The van der Waals surface area contributed by atoms with Crippen LogP contribution in [0.15, 0.2) is 0 Å². The zero-order valence-electron chi connectivity index (χ0n) is 9.17. The van der Waals surface area contributed by atoms with Gasteiger partial charge in [-0.2, -0.15) is 11.8 Å². The summed E-state index contributed by atoms with van der Waals surface area (Å²) in [6.07, 6.45) is 4.15. The Labute approximate surface area is 91.8 Å². The Morgan fingerprint density at radius 2 is 2.29 bits per heavy atom. The van der Waals surface area contributed by atoms with Gasteiger partial charge in [0, 0.05) is 30.1 Å². The predicted octanol–water partition coefficient (Wildman–Crippen LogP) is 1.57. The summed E-state index contributed by atoms with van der Waals surface area (Å²) in [7, 11) is 0. The van der Waals surface area contributed by atoms with E-state index in [1.165, 1.54) is 50.4 Å². The van der Waals surface area contributed by atoms with Crippen LogP contribution in [0.4, 0.5) is 0 Å². The molecule has 3 heteroatoms. The Morgan fingerprint density at radius 1 is 1.43 bits per heavy atom. The molecular formula is C11H22N2S. The molecule has 1 saturated heterocycles. The van der Waals surface area contributed by atoms with Gasteiger partial charge >= 0.3 is 0 Å². The average molecular weight is 214 g/mol. The minimum Gasteiger partial charge on any atom is -0.314 e. The van der Waals surface area contributed by atoms with Gasteiger partial charge in [0.1, 0.15) is 0 Å². The van der Waals surface area contributed by atoms with E-state index in [9.17, 15) is 0 Å². The summed E-state index contributed by atoms with van der Waals surface area (Å²) >= 11 is 2.10. The lowest BCUT2D eigenvalue weighted by Gasteiger charge is -2.32. The van der Waals surface area contributed by atoms with E-state index in [1.807, 2.05) is 0 Å². The van der Waals surface area contributed by atoms with Gasteiger partial charge in [0.2, 0.25) is 0 Å². The smallest absolute Gasteiger partial charge is 0.0158 e. The molecule has 0 spiro atoms. The van der Waals surface area contributed by atoms with Crippen molar-refractivity contribution in [2.45, 2.75) is 38.3 Å². The van der Waals surface area contributed by atoms with Crippen LogP contribution in [0.1, 0.15) is 26.2 Å². The fourth-order valence-electron chi connectivity index (χ4n) is 1.97. The molecule has 1 heterocycles. The van der Waals surface area contributed by atoms with E-state index in [2.05, 4.69) is 28.9 Å². The minimum absolute atomic E-state index is 0.801. The van der Waals surface area contributed by atoms with Crippen LogP contribution in [0.25, 0.3) is 0 Å². The van der Waals surface area contributed by atoms with Crippen LogP contribution in [-0.2, 0) is 0 Å². The molecule has 2 rings (SSSR count). The molecule has 0 amide bonds. The Morgan fingerprint density at radius 3 is 3.00 bits per heavy atom. The normalized spacial score (nSPS) is 29.4. The molecule has 0 aromatic rings. The van der Waals surface area contributed by atoms with Gasteiger partial charge in [0.05, 0.1) is 0 Å². The summed E-state index contributed by atoms with van der Waals surface area (Å²) < 4.78 is 0. The summed E-state index contributed by atoms with van der Waals surface area (Å²) in [6.45, 7) is 6.18. The third-order valence-electron chi connectivity index (χ3n) is 3.14. The van der Waals surface area contributed by atoms with E-state index in [0.29, 0.717) is 0 Å². The maximum Gasteiger partial charge on any atom is 0.0158 e. The topological polar surface area (TPSA) is 15.3 Å². The van der Waals surface area contributed by atoms with Crippen LogP contribution in [0.2, 0.25) is 0 Å². The van der Waals surface area contributed by atoms with Crippen LogP contribution in [-0.4, -0.2) is 48.1 Å². The fourth-order valence-corrected chi connectivity index (χ4v) is 3.05. The minimum atomic E-state index is 0.801. The van der Waals surface area contributed by atoms with Crippen molar-refractivity contribution in [3.63, 3.8) is 0 Å². The van der Waals surface area contributed by atoms with Crippen LogP contribution >= 0.6 is 11.8 Å². The summed E-state index contributed by atoms with van der Waals surface area (Å²) in [6, 6.07) is 1.68. The molecule has 0 aromatic carbocycles. The molecule has 0 radical (unpaired) electrons. The Kier molecular flexibility index (Phi) is 4.14. The van der Waals surface area contributed by atoms with Crippen molar-refractivity contribution < 1.29 is 0 Å². The molecule has 2 nitrogen and oxygen atoms in total. The average Bonchev–Trinajstić information content (AvgIpc) is 2.99. The second kappa shape index (κ2) is 5.38. The van der Waals surface area contributed by atoms with Gasteiger partial charge in [-0.25, -0.2) is 0 Å². The SMILES string of the molecule is CC1CSCCN1CCCNC1CC1. The van der Waals surface area contributed by atoms with Crippen LogP contribution in [0, 0.1) is 0 Å². The molecule has 1 unspecified atom stereocenters. The standard InChI is InChI=1S/C11H22N2S/c1-10-9-14-8-7-13(10)6-2-5-12-11-3-4-11/h10-12H,2-9H2,1H3. The van der Waals surface area contributed by atoms with E-state index < -0.39 is 0 Å². The molecule has 2 fully saturated rings. The van der Waals surface area contributed by atoms with Crippen molar-refractivity contribution in [2.24, 2.45) is 0 Å². The summed E-state index contributed by atoms with van der Waals surface area (Å²) in [5, 5.41) is 3.58. The highest BCUT2D eigenvalue weighted by Crippen LogP contribution is 2.19. The van der Waals surface area contributed by atoms with Gasteiger partial charge in [-0.1, -0.05) is 0 Å². The van der Waals surface area contributed by atoms with Gasteiger partial charge in [-0.05, 0) is 39.3 Å². The first-order valence-corrected chi connectivity index (χ1v) is 7.07. The molecule has 1 aliphatic heterocycles. The fraction of sp³-hybridized carbons (Fsp3) is 1.00. The van der Waals surface area contributed by atoms with Crippen molar-refractivity contribution in [2.75, 3.05) is 31.1 Å². The third kappa shape index (κ3) is 3.44. The molecule has 14 heavy (non-hydrogen) atoms. The molecule has 1 N–H and O–H groups in total. The second-order valence-electron chi connectivity index (χ2n) is 4.54. The Bertz CT molecular complexity index is 171. The van der Waals surface area contributed by atoms with Gasteiger partial charge in [-0.15, -0.1) is 0 Å². The quantitative estimate of drug-likeness (QED) is 0.699. The van der Waals surface area contributed by atoms with Crippen LogP contribution < -0.4 is 5.32 Å². The van der Waals surface area contributed by atoms with E-state index in [-0.39, 0.29) is 0 Å². The van der Waals surface area contributed by atoms with E-state index in [1.54, 1.807) is 0 Å². The number of nitrogens with one attached hydrogen (secondary N) is 1. The molecular weight excluding hydrogens is 192 g/mol. The summed E-state index contributed by atoms with van der Waals surface area (Å²) in [4.78, 5) is 2.64. The molecule has 0 bridgehead atoms. The maximum atomic E-state index is 3.58.